The van der Waals surface area contributed by atoms with Crippen LogP contribution in [-0.4, -0.2) is 29.9 Å². The van der Waals surface area contributed by atoms with Crippen molar-refractivity contribution in [2.45, 2.75) is 0 Å². The molecule has 2 aliphatic heterocycles. The molecule has 0 spiro atoms. The molecular weight excluding hydrogens is 1480 g/mol. The second-order valence-corrected chi connectivity index (χ2v) is 20.9. The smallest absolute Gasteiger partial charge is 0.357 e. The molecule has 2 aliphatic rings. The molecule has 1 radical (unpaired) electrons. The van der Waals surface area contributed by atoms with Gasteiger partial charge in [-0.25, -0.2) is 9.97 Å². The minimum absolute atomic E-state index is 0. The van der Waals surface area contributed by atoms with E-state index in [0.29, 0.717) is 79.6 Å². The minimum Gasteiger partial charge on any atom is -0.357 e. The van der Waals surface area contributed by atoms with Crippen LogP contribution in [0.1, 0.15) is 0 Å². The first-order chi connectivity index (χ1) is 26.4. The Morgan fingerprint density at radius 1 is 0.281 bits per heavy atom. The summed E-state index contributed by atoms with van der Waals surface area (Å²) in [5, 5.41) is 3.43. The maximum Gasteiger partial charge on any atom is 2.00 e. The van der Waals surface area contributed by atoms with Crippen molar-refractivity contribution < 1.29 is 17.1 Å². The molecule has 0 saturated carbocycles. The summed E-state index contributed by atoms with van der Waals surface area (Å²) in [5.74, 6) is 0.484. The maximum atomic E-state index is 7.01. The fourth-order valence-electron chi connectivity index (χ4n) is 6.10. The van der Waals surface area contributed by atoms with Gasteiger partial charge in [-0.15, -0.1) is 0 Å². The van der Waals surface area contributed by atoms with E-state index in [1.54, 1.807) is 0 Å². The first-order valence-electron chi connectivity index (χ1n) is 14.6. The monoisotopic (exact) mass is 1470 g/mol. The van der Waals surface area contributed by atoms with Crippen LogP contribution in [0.3, 0.4) is 0 Å². The molecule has 25 heteroatoms. The Kier molecular flexibility index (Phi) is 12.6. The van der Waals surface area contributed by atoms with Gasteiger partial charge < -0.3 is 29.9 Å². The number of rotatable bonds is 0. The number of hydrogen-bond acceptors (Lipinski definition) is 6. The SMILES string of the molecule is Clc1c(Br)c(Cl)c2c(c1Br)-c1nc-2nc2[n-]c(nc3nc(nc4[n-]c(n1)c1c(Cl)c(Br)c(Cl)c(Br)c41)-c1c(Cl)c(Br)c(Cl)c(Br)c1-3)c1c(Cl)c(Br)c(Cl)c(Br)c21.[Cu+2]. The van der Waals surface area contributed by atoms with Gasteiger partial charge in [0.2, 0.25) is 0 Å². The van der Waals surface area contributed by atoms with Gasteiger partial charge in [0.05, 0.1) is 81.4 Å². The van der Waals surface area contributed by atoms with Crippen LogP contribution in [0.25, 0.3) is 89.7 Å². The van der Waals surface area contributed by atoms with E-state index < -0.39 is 0 Å². The van der Waals surface area contributed by atoms with Crippen molar-refractivity contribution in [3.8, 4) is 45.6 Å². The van der Waals surface area contributed by atoms with Crippen LogP contribution in [0.4, 0.5) is 0 Å². The predicted octanol–water partition coefficient (Wildman–Crippen LogP) is 17.5. The zero-order valence-corrected chi connectivity index (χ0v) is 45.6. The Morgan fingerprint density at radius 3 is 0.877 bits per heavy atom. The van der Waals surface area contributed by atoms with E-state index in [9.17, 15) is 0 Å². The van der Waals surface area contributed by atoms with Gasteiger partial charge >= 0.3 is 17.1 Å². The number of halogens is 16. The largest absolute Gasteiger partial charge is 2.00 e. The molecule has 0 atom stereocenters. The standard InChI is InChI=1S/C32Br8Cl8N8.Cu/c33-9-1-5(17(41)13(37)21(9)45)29-49-25(1)53-30-6-2(10(34)22(46)14(38)18(6)42)27(50-30)55-32-8-4(12(36)24(48)16(40)20(8)44)28(52-32)56-31-7-3(26(51-31)54-29)11(35)23(47)15(39)19(7)43;/q-2;+2. The van der Waals surface area contributed by atoms with Crippen molar-refractivity contribution in [2.24, 2.45) is 0 Å². The number of nitrogens with zero attached hydrogens (tertiary/aromatic N) is 8. The van der Waals surface area contributed by atoms with Crippen LogP contribution in [0.5, 0.6) is 0 Å². The Hall–Kier alpha value is 0.919. The molecule has 0 saturated heterocycles. The first-order valence-corrected chi connectivity index (χ1v) is 24.0. The molecule has 5 heterocycles. The van der Waals surface area contributed by atoms with Crippen LogP contribution in [0, 0.1) is 0 Å². The van der Waals surface area contributed by atoms with Crippen LogP contribution in [0.15, 0.2) is 35.8 Å². The molecule has 9 rings (SSSR count). The molecule has 4 aromatic carbocycles. The minimum atomic E-state index is 0. The fourth-order valence-corrected chi connectivity index (χ4v) is 13.1. The van der Waals surface area contributed by atoms with E-state index in [1.165, 1.54) is 0 Å². The van der Waals surface area contributed by atoms with E-state index in [4.69, 9.17) is 133 Å². The van der Waals surface area contributed by atoms with Gasteiger partial charge in [0.1, 0.15) is 0 Å². The van der Waals surface area contributed by atoms with Crippen molar-refractivity contribution in [3.63, 3.8) is 0 Å². The molecule has 3 aromatic heterocycles. The maximum absolute atomic E-state index is 7.01. The molecule has 57 heavy (non-hydrogen) atoms. The van der Waals surface area contributed by atoms with E-state index >= 15 is 0 Å². The van der Waals surface area contributed by atoms with E-state index in [0.717, 1.165) is 0 Å². The van der Waals surface area contributed by atoms with Gasteiger partial charge in [-0.2, -0.15) is 0 Å². The summed E-state index contributed by atoms with van der Waals surface area (Å²) in [7, 11) is 0. The van der Waals surface area contributed by atoms with Gasteiger partial charge in [0, 0.05) is 84.3 Å². The van der Waals surface area contributed by atoms with Gasteiger partial charge in [-0.1, -0.05) is 92.8 Å². The van der Waals surface area contributed by atoms with Gasteiger partial charge in [0.15, 0.2) is 0 Å². The normalized spacial score (nSPS) is 12.1. The second-order valence-electron chi connectivity index (χ2n) is 11.5. The molecular formula is C32Br8Cl8CuN8. The molecule has 0 aliphatic carbocycles. The summed E-state index contributed by atoms with van der Waals surface area (Å²) in [5.41, 5.74) is 2.06. The molecule has 0 fully saturated rings. The Balaban J connectivity index is 0.00000455. The quantitative estimate of drug-likeness (QED) is 0.0840. The van der Waals surface area contributed by atoms with Crippen LogP contribution in [0.2, 0.25) is 40.2 Å². The fraction of sp³-hybridized carbons (Fsp3) is 0. The summed E-state index contributed by atoms with van der Waals surface area (Å²) in [6, 6.07) is 0. The number of benzene rings is 4. The van der Waals surface area contributed by atoms with Crippen molar-refractivity contribution in [2.75, 3.05) is 0 Å². The van der Waals surface area contributed by atoms with Gasteiger partial charge in [-0.3, -0.25) is 0 Å². The molecule has 291 valence electrons. The van der Waals surface area contributed by atoms with Gasteiger partial charge in [-0.05, 0) is 127 Å². The zero-order chi connectivity index (χ0) is 40.1. The third-order valence-corrected chi connectivity index (χ3v) is 20.7. The Labute approximate surface area is 436 Å². The average molecular weight is 1480 g/mol. The van der Waals surface area contributed by atoms with Crippen molar-refractivity contribution in [1.82, 2.24) is 39.9 Å². The summed E-state index contributed by atoms with van der Waals surface area (Å²) < 4.78 is 3.23. The van der Waals surface area contributed by atoms with Gasteiger partial charge in [0.25, 0.3) is 0 Å². The second kappa shape index (κ2) is 16.2. The van der Waals surface area contributed by atoms with E-state index in [-0.39, 0.29) is 103 Å². The summed E-state index contributed by atoms with van der Waals surface area (Å²) >= 11 is 83.7. The van der Waals surface area contributed by atoms with Crippen LogP contribution < -0.4 is 9.97 Å². The Bertz CT molecular complexity index is 2840. The summed E-state index contributed by atoms with van der Waals surface area (Å²) in [6.45, 7) is 0. The number of fused-ring (bicyclic) bond motifs is 20. The molecule has 8 bridgehead atoms. The molecule has 7 aromatic rings. The average Bonchev–Trinajstić information content (AvgIpc) is 3.92. The van der Waals surface area contributed by atoms with Crippen LogP contribution in [-0.2, 0) is 17.1 Å². The van der Waals surface area contributed by atoms with Crippen LogP contribution >= 0.6 is 220 Å². The molecule has 0 unspecified atom stereocenters. The third-order valence-electron chi connectivity index (χ3n) is 8.55. The van der Waals surface area contributed by atoms with Crippen molar-refractivity contribution in [1.29, 1.82) is 0 Å². The third kappa shape index (κ3) is 6.63. The van der Waals surface area contributed by atoms with E-state index in [1.807, 2.05) is 0 Å². The van der Waals surface area contributed by atoms with Crippen molar-refractivity contribution in [3.05, 3.63) is 76.0 Å². The predicted molar refractivity (Wildman–Crippen MR) is 256 cm³/mol. The molecule has 0 N–H and O–H groups in total. The number of hydrogen-bond donors (Lipinski definition) is 0. The van der Waals surface area contributed by atoms with Crippen molar-refractivity contribution >= 4 is 264 Å². The summed E-state index contributed by atoms with van der Waals surface area (Å²) in [6.07, 6.45) is 0. The first kappa shape index (κ1) is 44.5. The summed E-state index contributed by atoms with van der Waals surface area (Å²) in [4.78, 5) is 39.4. The number of aromatic nitrogens is 8. The Morgan fingerprint density at radius 2 is 0.544 bits per heavy atom. The molecule has 0 amide bonds. The topological polar surface area (TPSA) is 106 Å². The van der Waals surface area contributed by atoms with E-state index in [2.05, 4.69) is 127 Å². The zero-order valence-electron chi connectivity index (χ0n) is 25.9. The molecule has 8 nitrogen and oxygen atoms in total.